The summed E-state index contributed by atoms with van der Waals surface area (Å²) in [7, 11) is 3.71. The van der Waals surface area contributed by atoms with Crippen molar-refractivity contribution in [3.05, 3.63) is 48.2 Å². The quantitative estimate of drug-likeness (QED) is 0.795. The molecule has 6 heteroatoms. The zero-order chi connectivity index (χ0) is 16.7. The van der Waals surface area contributed by atoms with Gasteiger partial charge in [0, 0.05) is 32.0 Å². The highest BCUT2D eigenvalue weighted by atomic mass is 32.1. The van der Waals surface area contributed by atoms with Crippen molar-refractivity contribution in [2.75, 3.05) is 37.5 Å². The second-order valence-corrected chi connectivity index (χ2v) is 5.58. The van der Waals surface area contributed by atoms with E-state index in [4.69, 9.17) is 17.0 Å². The molecular formula is C17H22N4OS. The van der Waals surface area contributed by atoms with Crippen LogP contribution >= 0.6 is 12.2 Å². The summed E-state index contributed by atoms with van der Waals surface area (Å²) in [6, 6.07) is 11.9. The lowest BCUT2D eigenvalue weighted by Gasteiger charge is -2.20. The van der Waals surface area contributed by atoms with Crippen molar-refractivity contribution in [1.82, 2.24) is 10.3 Å². The molecule has 0 fully saturated rings. The molecule has 0 bridgehead atoms. The molecule has 0 saturated carbocycles. The zero-order valence-corrected chi connectivity index (χ0v) is 14.5. The minimum absolute atomic E-state index is 0.579. The van der Waals surface area contributed by atoms with Crippen LogP contribution < -0.4 is 20.3 Å². The van der Waals surface area contributed by atoms with Crippen LogP contribution in [0, 0.1) is 6.92 Å². The molecule has 23 heavy (non-hydrogen) atoms. The average molecular weight is 330 g/mol. The van der Waals surface area contributed by atoms with E-state index in [9.17, 15) is 0 Å². The summed E-state index contributed by atoms with van der Waals surface area (Å²) in [6.07, 6.45) is 1.75. The average Bonchev–Trinajstić information content (AvgIpc) is 2.57. The molecule has 2 rings (SSSR count). The summed E-state index contributed by atoms with van der Waals surface area (Å²) in [5.74, 6) is 1.64. The topological polar surface area (TPSA) is 49.4 Å². The highest BCUT2D eigenvalue weighted by Crippen LogP contribution is 2.17. The van der Waals surface area contributed by atoms with Crippen molar-refractivity contribution < 1.29 is 4.74 Å². The molecule has 0 radical (unpaired) electrons. The molecule has 0 aliphatic heterocycles. The Balaban J connectivity index is 1.77. The van der Waals surface area contributed by atoms with Gasteiger partial charge in [0.2, 0.25) is 0 Å². The van der Waals surface area contributed by atoms with Gasteiger partial charge in [-0.15, -0.1) is 0 Å². The first-order chi connectivity index (χ1) is 11.1. The SMILES string of the molecule is COc1ccc(N(C)CCNC(=S)Nc2ncccc2C)cc1. The number of methoxy groups -OCH3 is 1. The standard InChI is InChI=1S/C17H22N4OS/c1-13-5-4-10-18-16(13)20-17(23)19-11-12-21(2)14-6-8-15(22-3)9-7-14/h4-10H,11-12H2,1-3H3,(H2,18,19,20,23). The first-order valence-corrected chi connectivity index (χ1v) is 7.82. The maximum absolute atomic E-state index is 5.30. The van der Waals surface area contributed by atoms with E-state index < -0.39 is 0 Å². The van der Waals surface area contributed by atoms with Crippen molar-refractivity contribution >= 4 is 28.8 Å². The summed E-state index contributed by atoms with van der Waals surface area (Å²) in [4.78, 5) is 6.42. The monoisotopic (exact) mass is 330 g/mol. The van der Waals surface area contributed by atoms with E-state index in [1.54, 1.807) is 13.3 Å². The molecule has 1 aromatic heterocycles. The Hall–Kier alpha value is -2.34. The third-order valence-electron chi connectivity index (χ3n) is 3.49. The van der Waals surface area contributed by atoms with Crippen LogP contribution in [0.4, 0.5) is 11.5 Å². The van der Waals surface area contributed by atoms with Gasteiger partial charge in [0.1, 0.15) is 11.6 Å². The van der Waals surface area contributed by atoms with Crippen LogP contribution in [0.1, 0.15) is 5.56 Å². The molecule has 1 heterocycles. The van der Waals surface area contributed by atoms with E-state index >= 15 is 0 Å². The molecule has 2 aromatic rings. The molecule has 0 amide bonds. The zero-order valence-electron chi connectivity index (χ0n) is 13.7. The van der Waals surface area contributed by atoms with Crippen molar-refractivity contribution in [2.45, 2.75) is 6.92 Å². The van der Waals surface area contributed by atoms with Gasteiger partial charge in [0.15, 0.2) is 5.11 Å². The highest BCUT2D eigenvalue weighted by molar-refractivity contribution is 7.80. The largest absolute Gasteiger partial charge is 0.497 e. The summed E-state index contributed by atoms with van der Waals surface area (Å²) in [6.45, 7) is 3.56. The Bertz CT molecular complexity index is 645. The fourth-order valence-corrected chi connectivity index (χ4v) is 2.27. The van der Waals surface area contributed by atoms with Gasteiger partial charge in [-0.25, -0.2) is 4.98 Å². The molecule has 5 nitrogen and oxygen atoms in total. The Morgan fingerprint density at radius 1 is 1.26 bits per heavy atom. The van der Waals surface area contributed by atoms with Crippen LogP contribution in [0.25, 0.3) is 0 Å². The number of hydrogen-bond acceptors (Lipinski definition) is 4. The lowest BCUT2D eigenvalue weighted by Crippen LogP contribution is -2.35. The number of ether oxygens (including phenoxy) is 1. The smallest absolute Gasteiger partial charge is 0.172 e. The maximum atomic E-state index is 5.30. The number of likely N-dealkylation sites (N-methyl/N-ethyl adjacent to an activating group) is 1. The maximum Gasteiger partial charge on any atom is 0.172 e. The van der Waals surface area contributed by atoms with Crippen LogP contribution in [-0.2, 0) is 0 Å². The van der Waals surface area contributed by atoms with Crippen LogP contribution in [-0.4, -0.2) is 37.3 Å². The number of anilines is 2. The van der Waals surface area contributed by atoms with Gasteiger partial charge in [0.05, 0.1) is 7.11 Å². The number of rotatable bonds is 6. The van der Waals surface area contributed by atoms with E-state index in [0.29, 0.717) is 5.11 Å². The number of aryl methyl sites for hydroxylation is 1. The third kappa shape index (κ3) is 5.10. The normalized spacial score (nSPS) is 10.0. The Morgan fingerprint density at radius 2 is 2.00 bits per heavy atom. The summed E-state index contributed by atoms with van der Waals surface area (Å²) < 4.78 is 5.17. The molecule has 1 aromatic carbocycles. The molecule has 122 valence electrons. The summed E-state index contributed by atoms with van der Waals surface area (Å²) in [5, 5.41) is 6.89. The number of thiocarbonyl (C=S) groups is 1. The molecule has 0 aliphatic carbocycles. The first-order valence-electron chi connectivity index (χ1n) is 7.42. The van der Waals surface area contributed by atoms with Crippen molar-refractivity contribution in [3.8, 4) is 5.75 Å². The van der Waals surface area contributed by atoms with E-state index in [-0.39, 0.29) is 0 Å². The lowest BCUT2D eigenvalue weighted by atomic mass is 10.3. The van der Waals surface area contributed by atoms with Crippen LogP contribution in [0.2, 0.25) is 0 Å². The van der Waals surface area contributed by atoms with Crippen LogP contribution in [0.15, 0.2) is 42.6 Å². The lowest BCUT2D eigenvalue weighted by molar-refractivity contribution is 0.415. The molecule has 0 unspecified atom stereocenters. The molecular weight excluding hydrogens is 308 g/mol. The minimum Gasteiger partial charge on any atom is -0.497 e. The fraction of sp³-hybridized carbons (Fsp3) is 0.294. The molecule has 0 atom stereocenters. The number of hydrogen-bond donors (Lipinski definition) is 2. The van der Waals surface area contributed by atoms with Gasteiger partial charge in [-0.05, 0) is 55.0 Å². The molecule has 0 spiro atoms. The van der Waals surface area contributed by atoms with Crippen molar-refractivity contribution in [3.63, 3.8) is 0 Å². The van der Waals surface area contributed by atoms with Crippen LogP contribution in [0.3, 0.4) is 0 Å². The Labute approximate surface area is 142 Å². The minimum atomic E-state index is 0.579. The van der Waals surface area contributed by atoms with E-state index in [1.807, 2.05) is 50.4 Å². The molecule has 0 saturated heterocycles. The number of pyridine rings is 1. The highest BCUT2D eigenvalue weighted by Gasteiger charge is 2.03. The van der Waals surface area contributed by atoms with Gasteiger partial charge in [-0.3, -0.25) is 0 Å². The van der Waals surface area contributed by atoms with E-state index in [0.717, 1.165) is 35.9 Å². The fourth-order valence-electron chi connectivity index (χ4n) is 2.07. The predicted octanol–water partition coefficient (Wildman–Crippen LogP) is 2.82. The number of aromatic nitrogens is 1. The van der Waals surface area contributed by atoms with Crippen LogP contribution in [0.5, 0.6) is 5.75 Å². The van der Waals surface area contributed by atoms with Crippen molar-refractivity contribution in [2.24, 2.45) is 0 Å². The van der Waals surface area contributed by atoms with Gasteiger partial charge >= 0.3 is 0 Å². The number of nitrogens with zero attached hydrogens (tertiary/aromatic N) is 2. The molecule has 0 aliphatic rings. The van der Waals surface area contributed by atoms with Crippen molar-refractivity contribution in [1.29, 1.82) is 0 Å². The number of nitrogens with one attached hydrogen (secondary N) is 2. The molecule has 2 N–H and O–H groups in total. The Kier molecular flexibility index (Phi) is 6.17. The van der Waals surface area contributed by atoms with Gasteiger partial charge in [0.25, 0.3) is 0 Å². The van der Waals surface area contributed by atoms with E-state index in [2.05, 4.69) is 20.5 Å². The second-order valence-electron chi connectivity index (χ2n) is 5.17. The van der Waals surface area contributed by atoms with Gasteiger partial charge in [-0.1, -0.05) is 6.07 Å². The number of benzene rings is 1. The van der Waals surface area contributed by atoms with E-state index in [1.165, 1.54) is 0 Å². The third-order valence-corrected chi connectivity index (χ3v) is 3.73. The summed E-state index contributed by atoms with van der Waals surface area (Å²) >= 11 is 5.30. The second kappa shape index (κ2) is 8.33. The first kappa shape index (κ1) is 17.0. The van der Waals surface area contributed by atoms with Gasteiger partial charge < -0.3 is 20.3 Å². The Morgan fingerprint density at radius 3 is 2.65 bits per heavy atom. The summed E-state index contributed by atoms with van der Waals surface area (Å²) in [5.41, 5.74) is 2.19. The predicted molar refractivity (Wildman–Crippen MR) is 99.5 cm³/mol. The van der Waals surface area contributed by atoms with Gasteiger partial charge in [-0.2, -0.15) is 0 Å².